The summed E-state index contributed by atoms with van der Waals surface area (Å²) in [6.45, 7) is 2.14. The van der Waals surface area contributed by atoms with Gasteiger partial charge in [0.05, 0.1) is 0 Å². The third-order valence-corrected chi connectivity index (χ3v) is 5.28. The van der Waals surface area contributed by atoms with E-state index in [0.29, 0.717) is 28.3 Å². The van der Waals surface area contributed by atoms with Crippen LogP contribution in [0.2, 0.25) is 0 Å². The zero-order valence-corrected chi connectivity index (χ0v) is 15.7. The van der Waals surface area contributed by atoms with Crippen molar-refractivity contribution in [1.82, 2.24) is 9.80 Å². The monoisotopic (exact) mass is 394 g/mol. The number of imide groups is 2. The van der Waals surface area contributed by atoms with Crippen LogP contribution in [0.1, 0.15) is 67.6 Å². The predicted octanol–water partition coefficient (Wildman–Crippen LogP) is 2.31. The van der Waals surface area contributed by atoms with Crippen LogP contribution >= 0.6 is 0 Å². The van der Waals surface area contributed by atoms with Crippen molar-refractivity contribution in [2.45, 2.75) is 26.2 Å². The fourth-order valence-corrected chi connectivity index (χ4v) is 3.99. The lowest BCUT2D eigenvalue weighted by Gasteiger charge is -2.31. The molecule has 0 saturated heterocycles. The van der Waals surface area contributed by atoms with Gasteiger partial charge in [-0.25, -0.2) is 0 Å². The summed E-state index contributed by atoms with van der Waals surface area (Å²) >= 11 is 0. The lowest BCUT2D eigenvalue weighted by Crippen LogP contribution is -2.43. The molecular weight excluding hydrogens is 376 g/mol. The first-order valence-electron chi connectivity index (χ1n) is 9.40. The zero-order chi connectivity index (χ0) is 20.9. The maximum Gasteiger partial charge on any atom is 0.303 e. The van der Waals surface area contributed by atoms with Crippen LogP contribution < -0.4 is 0 Å². The van der Waals surface area contributed by atoms with E-state index in [0.717, 1.165) is 4.90 Å². The largest absolute Gasteiger partial charge is 0.481 e. The summed E-state index contributed by atoms with van der Waals surface area (Å²) in [5.41, 5.74) is 1.07. The van der Waals surface area contributed by atoms with E-state index in [9.17, 15) is 24.0 Å². The van der Waals surface area contributed by atoms with Gasteiger partial charge in [0, 0.05) is 52.5 Å². The topological polar surface area (TPSA) is 112 Å². The summed E-state index contributed by atoms with van der Waals surface area (Å²) in [4.78, 5) is 64.5. The minimum Gasteiger partial charge on any atom is -0.481 e. The molecule has 0 fully saturated rings. The van der Waals surface area contributed by atoms with Crippen molar-refractivity contribution in [3.8, 4) is 0 Å². The second-order valence-electron chi connectivity index (χ2n) is 7.09. The molecule has 148 valence electrons. The molecule has 1 N–H and O–H groups in total. The number of aliphatic carboxylic acids is 1. The SMILES string of the molecule is CCCN1C(=O)c2ccc3c4c(ccc(c24)C1=O)C(=O)N(CCCC(=O)O)C3=O. The first-order valence-corrected chi connectivity index (χ1v) is 9.40. The van der Waals surface area contributed by atoms with E-state index in [1.807, 2.05) is 6.92 Å². The van der Waals surface area contributed by atoms with Crippen molar-refractivity contribution in [1.29, 1.82) is 0 Å². The van der Waals surface area contributed by atoms with Crippen molar-refractivity contribution in [3.05, 3.63) is 46.5 Å². The number of hydrogen-bond donors (Lipinski definition) is 1. The quantitative estimate of drug-likeness (QED) is 0.753. The number of carbonyl (C=O) groups excluding carboxylic acids is 4. The standard InChI is InChI=1S/C21H18N2O6/c1-2-9-22-18(26)11-5-7-13-17-14(8-6-12(16(11)17)19(22)27)21(29)23(20(13)28)10-3-4-15(24)25/h5-8H,2-4,9-10H2,1H3,(H,24,25). The van der Waals surface area contributed by atoms with Gasteiger partial charge >= 0.3 is 5.97 Å². The van der Waals surface area contributed by atoms with Crippen LogP contribution in [0, 0.1) is 0 Å². The Morgan fingerprint density at radius 1 is 0.759 bits per heavy atom. The molecule has 4 amide bonds. The van der Waals surface area contributed by atoms with Crippen LogP contribution in [-0.4, -0.2) is 57.6 Å². The van der Waals surface area contributed by atoms with Gasteiger partial charge < -0.3 is 5.11 Å². The van der Waals surface area contributed by atoms with Crippen LogP contribution in [0.4, 0.5) is 0 Å². The highest BCUT2D eigenvalue weighted by Crippen LogP contribution is 2.37. The number of benzene rings is 2. The van der Waals surface area contributed by atoms with Crippen molar-refractivity contribution in [2.24, 2.45) is 0 Å². The molecule has 2 heterocycles. The maximum atomic E-state index is 12.9. The maximum absolute atomic E-state index is 12.9. The molecule has 2 aliphatic rings. The van der Waals surface area contributed by atoms with Gasteiger partial charge in [0.25, 0.3) is 23.6 Å². The Hall–Kier alpha value is -3.55. The number of nitrogens with zero attached hydrogens (tertiary/aromatic N) is 2. The molecular formula is C21H18N2O6. The zero-order valence-electron chi connectivity index (χ0n) is 15.7. The van der Waals surface area contributed by atoms with Gasteiger partial charge in [0.15, 0.2) is 0 Å². The number of rotatable bonds is 6. The lowest BCUT2D eigenvalue weighted by molar-refractivity contribution is -0.137. The molecule has 2 aliphatic heterocycles. The number of amides is 4. The molecule has 0 atom stereocenters. The third kappa shape index (κ3) is 2.71. The van der Waals surface area contributed by atoms with E-state index in [-0.39, 0.29) is 37.1 Å². The van der Waals surface area contributed by atoms with Gasteiger partial charge in [-0.05, 0) is 37.1 Å². The molecule has 0 spiro atoms. The van der Waals surface area contributed by atoms with E-state index < -0.39 is 29.6 Å². The van der Waals surface area contributed by atoms with E-state index in [1.165, 1.54) is 29.2 Å². The van der Waals surface area contributed by atoms with E-state index in [2.05, 4.69) is 0 Å². The Morgan fingerprint density at radius 2 is 1.14 bits per heavy atom. The third-order valence-electron chi connectivity index (χ3n) is 5.28. The summed E-state index contributed by atoms with van der Waals surface area (Å²) in [6.07, 6.45) is 0.603. The van der Waals surface area contributed by atoms with Gasteiger partial charge in [-0.15, -0.1) is 0 Å². The lowest BCUT2D eigenvalue weighted by atomic mass is 9.86. The molecule has 8 heteroatoms. The number of carboxylic acid groups (broad SMARTS) is 1. The van der Waals surface area contributed by atoms with Crippen LogP contribution in [0.15, 0.2) is 24.3 Å². The Morgan fingerprint density at radius 3 is 1.48 bits per heavy atom. The molecule has 8 nitrogen and oxygen atoms in total. The van der Waals surface area contributed by atoms with Gasteiger partial charge in [-0.2, -0.15) is 0 Å². The number of hydrogen-bond acceptors (Lipinski definition) is 5. The molecule has 4 rings (SSSR count). The van der Waals surface area contributed by atoms with Crippen molar-refractivity contribution in [3.63, 3.8) is 0 Å². The van der Waals surface area contributed by atoms with Crippen molar-refractivity contribution >= 4 is 40.4 Å². The van der Waals surface area contributed by atoms with Gasteiger partial charge in [-0.3, -0.25) is 33.8 Å². The molecule has 2 aromatic carbocycles. The summed E-state index contributed by atoms with van der Waals surface area (Å²) in [7, 11) is 0. The number of carbonyl (C=O) groups is 5. The van der Waals surface area contributed by atoms with Crippen LogP contribution in [0.5, 0.6) is 0 Å². The van der Waals surface area contributed by atoms with Crippen LogP contribution in [0.25, 0.3) is 10.8 Å². The van der Waals surface area contributed by atoms with Gasteiger partial charge in [0.2, 0.25) is 0 Å². The molecule has 0 saturated carbocycles. The second-order valence-corrected chi connectivity index (χ2v) is 7.09. The Labute approximate surface area is 165 Å². The average molecular weight is 394 g/mol. The van der Waals surface area contributed by atoms with Crippen LogP contribution in [0.3, 0.4) is 0 Å². The van der Waals surface area contributed by atoms with Crippen LogP contribution in [-0.2, 0) is 4.79 Å². The van der Waals surface area contributed by atoms with Gasteiger partial charge in [0.1, 0.15) is 0 Å². The second kappa shape index (κ2) is 6.80. The average Bonchev–Trinajstić information content (AvgIpc) is 2.70. The van der Waals surface area contributed by atoms with E-state index >= 15 is 0 Å². The summed E-state index contributed by atoms with van der Waals surface area (Å²) < 4.78 is 0. The molecule has 0 radical (unpaired) electrons. The Kier molecular flexibility index (Phi) is 4.41. The predicted molar refractivity (Wildman–Crippen MR) is 102 cm³/mol. The highest BCUT2D eigenvalue weighted by Gasteiger charge is 2.39. The molecule has 0 aromatic heterocycles. The summed E-state index contributed by atoms with van der Waals surface area (Å²) in [5, 5.41) is 9.47. The summed E-state index contributed by atoms with van der Waals surface area (Å²) in [6, 6.07) is 6.04. The molecule has 2 aromatic rings. The Balaban J connectivity index is 1.85. The molecule has 0 aliphatic carbocycles. The van der Waals surface area contributed by atoms with E-state index in [1.54, 1.807) is 0 Å². The summed E-state index contributed by atoms with van der Waals surface area (Å²) in [5.74, 6) is -2.97. The fourth-order valence-electron chi connectivity index (χ4n) is 3.99. The molecule has 0 bridgehead atoms. The fraction of sp³-hybridized carbons (Fsp3) is 0.286. The molecule has 29 heavy (non-hydrogen) atoms. The number of carboxylic acids is 1. The van der Waals surface area contributed by atoms with Crippen molar-refractivity contribution < 1.29 is 29.1 Å². The minimum absolute atomic E-state index is 0.0173. The van der Waals surface area contributed by atoms with Gasteiger partial charge in [-0.1, -0.05) is 6.92 Å². The first-order chi connectivity index (χ1) is 13.9. The van der Waals surface area contributed by atoms with E-state index in [4.69, 9.17) is 5.11 Å². The highest BCUT2D eigenvalue weighted by atomic mass is 16.4. The normalized spacial score (nSPS) is 15.5. The molecule has 0 unspecified atom stereocenters. The smallest absolute Gasteiger partial charge is 0.303 e. The Bertz CT molecular complexity index is 1050. The highest BCUT2D eigenvalue weighted by molar-refractivity contribution is 6.33. The first kappa shape index (κ1) is 18.8. The minimum atomic E-state index is -1.01. The van der Waals surface area contributed by atoms with Crippen molar-refractivity contribution in [2.75, 3.05) is 13.1 Å².